The lowest BCUT2D eigenvalue weighted by atomic mass is 9.67. The molecule has 1 amide bonds. The number of rotatable bonds is 3. The summed E-state index contributed by atoms with van der Waals surface area (Å²) in [7, 11) is 0. The number of anilines is 1. The Bertz CT molecular complexity index is 618. The second-order valence-electron chi connectivity index (χ2n) is 9.26. The number of aliphatic hydroxyl groups is 1. The number of amides is 1. The quantitative estimate of drug-likeness (QED) is 0.855. The van der Waals surface area contributed by atoms with Crippen molar-refractivity contribution >= 4 is 11.6 Å². The molecule has 0 unspecified atom stereocenters. The molecule has 1 aromatic rings. The zero-order chi connectivity index (χ0) is 18.3. The van der Waals surface area contributed by atoms with Gasteiger partial charge in [0.1, 0.15) is 0 Å². The molecular weight excluding hydrogens is 310 g/mol. The number of carbonyl (C=O) groups is 1. The van der Waals surface area contributed by atoms with E-state index in [9.17, 15) is 9.90 Å². The van der Waals surface area contributed by atoms with Gasteiger partial charge in [0.15, 0.2) is 0 Å². The average Bonchev–Trinajstić information content (AvgIpc) is 2.87. The van der Waals surface area contributed by atoms with Crippen LogP contribution in [0.2, 0.25) is 0 Å². The second-order valence-corrected chi connectivity index (χ2v) is 9.26. The normalized spacial score (nSPS) is 30.3. The van der Waals surface area contributed by atoms with Gasteiger partial charge in [-0.05, 0) is 61.6 Å². The Labute approximate surface area is 152 Å². The van der Waals surface area contributed by atoms with Crippen LogP contribution in [0.25, 0.3) is 0 Å². The molecule has 1 saturated heterocycles. The van der Waals surface area contributed by atoms with Crippen molar-refractivity contribution in [2.75, 3.05) is 11.4 Å². The minimum Gasteiger partial charge on any atom is -0.390 e. The summed E-state index contributed by atoms with van der Waals surface area (Å²) in [5, 5.41) is 10.7. The molecule has 1 aliphatic carbocycles. The van der Waals surface area contributed by atoms with Crippen LogP contribution in [0.5, 0.6) is 0 Å². The van der Waals surface area contributed by atoms with Gasteiger partial charge in [-0.3, -0.25) is 4.79 Å². The van der Waals surface area contributed by atoms with E-state index in [2.05, 4.69) is 52.0 Å². The Morgan fingerprint density at radius 1 is 1.04 bits per heavy atom. The molecule has 1 spiro atoms. The lowest BCUT2D eigenvalue weighted by Gasteiger charge is -2.41. The lowest BCUT2D eigenvalue weighted by Crippen LogP contribution is -2.43. The fourth-order valence-corrected chi connectivity index (χ4v) is 4.58. The van der Waals surface area contributed by atoms with Gasteiger partial charge in [-0.15, -0.1) is 0 Å². The summed E-state index contributed by atoms with van der Waals surface area (Å²) < 4.78 is 0. The molecule has 2 aliphatic rings. The van der Waals surface area contributed by atoms with E-state index in [4.69, 9.17) is 0 Å². The summed E-state index contributed by atoms with van der Waals surface area (Å²) in [5.74, 6) is 0.273. The van der Waals surface area contributed by atoms with Crippen molar-refractivity contribution in [1.29, 1.82) is 0 Å². The Hall–Kier alpha value is -1.35. The molecule has 2 fully saturated rings. The topological polar surface area (TPSA) is 40.5 Å². The minimum atomic E-state index is -0.540. The number of benzene rings is 1. The summed E-state index contributed by atoms with van der Waals surface area (Å²) in [4.78, 5) is 15.1. The minimum absolute atomic E-state index is 0.127. The fraction of sp³-hybridized carbons (Fsp3) is 0.682. The first-order chi connectivity index (χ1) is 11.7. The van der Waals surface area contributed by atoms with Crippen molar-refractivity contribution < 1.29 is 9.90 Å². The highest BCUT2D eigenvalue weighted by Crippen LogP contribution is 2.49. The number of nitrogens with zero attached hydrogens (tertiary/aromatic N) is 1. The molecule has 0 bridgehead atoms. The highest BCUT2D eigenvalue weighted by molar-refractivity contribution is 6.00. The van der Waals surface area contributed by atoms with Gasteiger partial charge < -0.3 is 10.0 Å². The van der Waals surface area contributed by atoms with Crippen LogP contribution in [0.1, 0.15) is 78.2 Å². The van der Waals surface area contributed by atoms with Crippen molar-refractivity contribution in [3.63, 3.8) is 0 Å². The molecule has 0 aromatic heterocycles. The van der Waals surface area contributed by atoms with Crippen molar-refractivity contribution in [3.05, 3.63) is 29.8 Å². The Balaban J connectivity index is 1.72. The molecule has 3 heteroatoms. The van der Waals surface area contributed by atoms with E-state index >= 15 is 0 Å². The second kappa shape index (κ2) is 6.42. The van der Waals surface area contributed by atoms with E-state index < -0.39 is 5.60 Å². The zero-order valence-corrected chi connectivity index (χ0v) is 16.3. The molecule has 3 nitrogen and oxygen atoms in total. The van der Waals surface area contributed by atoms with Crippen LogP contribution in [0, 0.1) is 5.41 Å². The summed E-state index contributed by atoms with van der Waals surface area (Å²) in [6, 6.07) is 8.48. The van der Waals surface area contributed by atoms with Gasteiger partial charge in [0.2, 0.25) is 5.91 Å². The van der Waals surface area contributed by atoms with Crippen LogP contribution in [-0.2, 0) is 10.2 Å². The maximum Gasteiger partial charge on any atom is 0.233 e. The first-order valence-corrected chi connectivity index (χ1v) is 9.84. The maximum absolute atomic E-state index is 13.2. The van der Waals surface area contributed by atoms with Gasteiger partial charge in [0, 0.05) is 12.2 Å². The Morgan fingerprint density at radius 3 is 2.16 bits per heavy atom. The van der Waals surface area contributed by atoms with Crippen LogP contribution in [0.3, 0.4) is 0 Å². The van der Waals surface area contributed by atoms with E-state index in [1.165, 1.54) is 5.56 Å². The average molecular weight is 344 g/mol. The Kier molecular flexibility index (Phi) is 4.74. The van der Waals surface area contributed by atoms with Crippen LogP contribution in [0.15, 0.2) is 24.3 Å². The fourth-order valence-electron chi connectivity index (χ4n) is 4.58. The third-order valence-electron chi connectivity index (χ3n) is 6.41. The molecule has 1 N–H and O–H groups in total. The third kappa shape index (κ3) is 3.48. The SMILES string of the molecule is CCC[C@]1(O)CC[C@]2(CCN(c3ccc(C(C)(C)C)cc3)C2=O)CC1. The first kappa shape index (κ1) is 18.4. The van der Waals surface area contributed by atoms with Gasteiger partial charge in [0.25, 0.3) is 0 Å². The predicted octanol–water partition coefficient (Wildman–Crippen LogP) is 4.81. The highest BCUT2D eigenvalue weighted by atomic mass is 16.3. The molecule has 1 saturated carbocycles. The van der Waals surface area contributed by atoms with Gasteiger partial charge in [-0.25, -0.2) is 0 Å². The van der Waals surface area contributed by atoms with Crippen LogP contribution < -0.4 is 4.90 Å². The van der Waals surface area contributed by atoms with E-state index in [1.807, 2.05) is 4.90 Å². The molecule has 3 rings (SSSR count). The third-order valence-corrected chi connectivity index (χ3v) is 6.41. The van der Waals surface area contributed by atoms with Gasteiger partial charge >= 0.3 is 0 Å². The Morgan fingerprint density at radius 2 is 1.64 bits per heavy atom. The lowest BCUT2D eigenvalue weighted by molar-refractivity contribution is -0.130. The van der Waals surface area contributed by atoms with Crippen LogP contribution in [-0.4, -0.2) is 23.2 Å². The molecule has 0 atom stereocenters. The summed E-state index contributed by atoms with van der Waals surface area (Å²) >= 11 is 0. The van der Waals surface area contributed by atoms with Crippen molar-refractivity contribution in [2.45, 2.75) is 83.7 Å². The van der Waals surface area contributed by atoms with Gasteiger partial charge in [-0.2, -0.15) is 0 Å². The molecule has 1 heterocycles. The predicted molar refractivity (Wildman–Crippen MR) is 103 cm³/mol. The van der Waals surface area contributed by atoms with Gasteiger partial charge in [-0.1, -0.05) is 46.2 Å². The molecule has 1 aromatic carbocycles. The molecule has 1 aliphatic heterocycles. The summed E-state index contributed by atoms with van der Waals surface area (Å²) in [5.41, 5.74) is 1.66. The number of hydrogen-bond acceptors (Lipinski definition) is 2. The smallest absolute Gasteiger partial charge is 0.233 e. The molecule has 0 radical (unpaired) electrons. The number of carbonyl (C=O) groups excluding carboxylic acids is 1. The molecule has 138 valence electrons. The largest absolute Gasteiger partial charge is 0.390 e. The highest BCUT2D eigenvalue weighted by Gasteiger charge is 2.51. The van der Waals surface area contributed by atoms with E-state index in [-0.39, 0.29) is 16.7 Å². The monoisotopic (exact) mass is 343 g/mol. The van der Waals surface area contributed by atoms with Crippen molar-refractivity contribution in [3.8, 4) is 0 Å². The number of hydrogen-bond donors (Lipinski definition) is 1. The summed E-state index contributed by atoms with van der Waals surface area (Å²) in [6.45, 7) is 9.54. The van der Waals surface area contributed by atoms with E-state index in [0.717, 1.165) is 57.2 Å². The van der Waals surface area contributed by atoms with Gasteiger partial charge in [0.05, 0.1) is 11.0 Å². The van der Waals surface area contributed by atoms with E-state index in [0.29, 0.717) is 0 Å². The standard InChI is InChI=1S/C22H33NO2/c1-5-10-22(25)13-11-21(12-14-22)15-16-23(19(21)24)18-8-6-17(7-9-18)20(2,3)4/h6-9,25H,5,10-16H2,1-4H3/t21-,22+. The van der Waals surface area contributed by atoms with Crippen LogP contribution >= 0.6 is 0 Å². The van der Waals surface area contributed by atoms with Crippen LogP contribution in [0.4, 0.5) is 5.69 Å². The van der Waals surface area contributed by atoms with E-state index in [1.54, 1.807) is 0 Å². The molecular formula is C22H33NO2. The summed E-state index contributed by atoms with van der Waals surface area (Å²) in [6.07, 6.45) is 5.98. The first-order valence-electron chi connectivity index (χ1n) is 9.84. The maximum atomic E-state index is 13.2. The van der Waals surface area contributed by atoms with Crippen molar-refractivity contribution in [1.82, 2.24) is 0 Å². The molecule has 25 heavy (non-hydrogen) atoms. The zero-order valence-electron chi connectivity index (χ0n) is 16.3. The van der Waals surface area contributed by atoms with Crippen molar-refractivity contribution in [2.24, 2.45) is 5.41 Å².